The Bertz CT molecular complexity index is 5630. The minimum atomic E-state index is -1.17. The minimum absolute atomic E-state index is 0.00581. The third kappa shape index (κ3) is 34.0. The smallest absolute Gasteiger partial charge is 0.339 e. The number of carboxylic acids is 6. The van der Waals surface area contributed by atoms with Crippen LogP contribution in [0.3, 0.4) is 0 Å². The van der Waals surface area contributed by atoms with E-state index in [9.17, 15) is 110 Å². The number of ether oxygens (including phenoxy) is 2. The summed E-state index contributed by atoms with van der Waals surface area (Å²) in [6.45, 7) is 50.4. The molecule has 0 fully saturated rings. The van der Waals surface area contributed by atoms with Crippen molar-refractivity contribution in [3.8, 4) is 69.0 Å². The third-order valence-corrected chi connectivity index (χ3v) is 26.4. The summed E-state index contributed by atoms with van der Waals surface area (Å²) in [5, 5.41) is 161. The molecule has 5 atom stereocenters. The molecule has 2 aliphatic carbocycles. The van der Waals surface area contributed by atoms with Gasteiger partial charge in [0, 0.05) is 45.6 Å². The van der Waals surface area contributed by atoms with Gasteiger partial charge in [-0.3, -0.25) is 0 Å². The third-order valence-electron chi connectivity index (χ3n) is 26.4. The highest BCUT2D eigenvalue weighted by molar-refractivity contribution is 5.98. The lowest BCUT2D eigenvalue weighted by Gasteiger charge is -2.46. The summed E-state index contributed by atoms with van der Waals surface area (Å²) in [6, 6.07) is 9.49. The van der Waals surface area contributed by atoms with Crippen molar-refractivity contribution in [2.45, 2.75) is 356 Å². The maximum Gasteiger partial charge on any atom is 0.339 e. The van der Waals surface area contributed by atoms with E-state index in [4.69, 9.17) is 9.47 Å². The van der Waals surface area contributed by atoms with Crippen LogP contribution >= 0.6 is 0 Å². The largest absolute Gasteiger partial charge is 0.508 e. The fraction of sp³-hybridized carbons (Fsp3) is 0.467. The molecule has 5 unspecified atom stereocenters. The number of carbonyl (C=O) groups is 6. The molecule has 24 nitrogen and oxygen atoms in total. The van der Waals surface area contributed by atoms with Gasteiger partial charge in [-0.25, -0.2) is 28.8 Å². The van der Waals surface area contributed by atoms with Gasteiger partial charge in [0.2, 0.25) is 0 Å². The lowest BCUT2D eigenvalue weighted by atomic mass is 9.67. The van der Waals surface area contributed by atoms with E-state index < -0.39 is 41.4 Å². The Morgan fingerprint density at radius 2 is 0.667 bits per heavy atom. The van der Waals surface area contributed by atoms with Gasteiger partial charge in [0.1, 0.15) is 114 Å². The van der Waals surface area contributed by atoms with Gasteiger partial charge in [-0.15, -0.1) is 0 Å². The first-order valence-electron chi connectivity index (χ1n) is 50.7. The van der Waals surface area contributed by atoms with Crippen LogP contribution in [0.4, 0.5) is 0 Å². The Balaban J connectivity index is 0.000000304. The van der Waals surface area contributed by atoms with Gasteiger partial charge in [0.25, 0.3) is 0 Å². The second-order valence-electron chi connectivity index (χ2n) is 40.3. The zero-order chi connectivity index (χ0) is 108. The molecule has 0 amide bonds. The van der Waals surface area contributed by atoms with Crippen LogP contribution in [0.1, 0.15) is 416 Å². The van der Waals surface area contributed by atoms with Crippen molar-refractivity contribution in [3.05, 3.63) is 260 Å². The highest BCUT2D eigenvalue weighted by atomic mass is 16.5. The summed E-state index contributed by atoms with van der Waals surface area (Å²) in [5.74, 6) is -7.36. The second kappa shape index (κ2) is 56.8. The van der Waals surface area contributed by atoms with Gasteiger partial charge in [0.05, 0.1) is 5.56 Å². The number of aryl methyl sites for hydroxylation is 6. The van der Waals surface area contributed by atoms with Crippen molar-refractivity contribution in [1.82, 2.24) is 0 Å². The first-order valence-corrected chi connectivity index (χ1v) is 50.7. The number of aromatic carboxylic acids is 6. The zero-order valence-corrected chi connectivity index (χ0v) is 89.3. The predicted molar refractivity (Wildman–Crippen MR) is 574 cm³/mol. The monoisotopic (exact) mass is 1990 g/mol. The molecule has 0 spiro atoms. The Morgan fingerprint density at radius 1 is 0.368 bits per heavy atom. The molecule has 2 heterocycles. The van der Waals surface area contributed by atoms with Crippen LogP contribution in [0.25, 0.3) is 6.08 Å². The lowest BCUT2D eigenvalue weighted by Crippen LogP contribution is -2.45. The van der Waals surface area contributed by atoms with E-state index in [1.807, 2.05) is 120 Å². The number of carboxylic acid groups (broad SMARTS) is 6. The van der Waals surface area contributed by atoms with E-state index in [1.165, 1.54) is 57.7 Å². The summed E-state index contributed by atoms with van der Waals surface area (Å²) < 4.78 is 12.4. The van der Waals surface area contributed by atoms with Gasteiger partial charge in [-0.2, -0.15) is 0 Å². The molecule has 0 saturated carbocycles. The molecule has 144 heavy (non-hydrogen) atoms. The maximum absolute atomic E-state index is 11.7. The molecule has 6 aromatic rings. The van der Waals surface area contributed by atoms with Gasteiger partial charge < -0.3 is 91.2 Å². The van der Waals surface area contributed by atoms with Crippen molar-refractivity contribution in [3.63, 3.8) is 0 Å². The fourth-order valence-corrected chi connectivity index (χ4v) is 18.8. The molecular weight excluding hydrogens is 1830 g/mol. The number of aromatic hydroxyl groups is 10. The van der Waals surface area contributed by atoms with Crippen molar-refractivity contribution < 1.29 is 120 Å². The standard InChI is InChI=1S/3C20H26O4.3C20H28O4/c1-5-6-12-10-15-17(18(21)16(12)19(22)23)13-9-11(2)7-8-14(13)20(3,4)24-15;1-5-7-14-12-16-15(18(21)17(14)19(22)23)9-11-20(4,24-16)10-6-8-13(2)3;1-5-6-13-10-16(21)18(19(22)17(13)20(23)24)15-9-12(4)7-8-14(15)11(2)3;3*1-5-7-15-12-17(21)16(19(22)18(15)20(23)24)11-10-14(4)9-6-8-13(2)3/h9-10,13-14,21H,5-8H2,1-4H3,(H,22,23);8-9,11-12,21H,5-7,10H2,1-4H3,(H,22,23);9-10,14-15,21-22H,2,5-8H2,1,3-4H3,(H,23,24);3*8,10,12,21-22H,5-7,9,11H2,1-4H3,(H,23,24)/b;;;3*14-10+. The second-order valence-corrected chi connectivity index (χ2v) is 40.3. The number of phenols is 10. The molecule has 0 aromatic heterocycles. The average molecular weight is 1990 g/mol. The number of rotatable bonds is 38. The molecule has 6 aromatic carbocycles. The minimum Gasteiger partial charge on any atom is -0.508 e. The van der Waals surface area contributed by atoms with E-state index in [2.05, 4.69) is 113 Å². The van der Waals surface area contributed by atoms with E-state index in [1.54, 1.807) is 12.1 Å². The summed E-state index contributed by atoms with van der Waals surface area (Å²) in [5.41, 5.74) is 16.1. The van der Waals surface area contributed by atoms with Crippen LogP contribution in [0.5, 0.6) is 69.0 Å². The Hall–Kier alpha value is -13.1. The zero-order valence-electron chi connectivity index (χ0n) is 89.3. The molecule has 0 saturated heterocycles. The van der Waals surface area contributed by atoms with Crippen molar-refractivity contribution in [2.24, 2.45) is 11.8 Å². The van der Waals surface area contributed by atoms with E-state index in [0.717, 1.165) is 138 Å². The van der Waals surface area contributed by atoms with Crippen LogP contribution < -0.4 is 9.47 Å². The van der Waals surface area contributed by atoms with Gasteiger partial charge in [-0.05, 0) is 340 Å². The molecule has 16 N–H and O–H groups in total. The summed E-state index contributed by atoms with van der Waals surface area (Å²) in [4.78, 5) is 69.3. The van der Waals surface area contributed by atoms with Gasteiger partial charge >= 0.3 is 35.8 Å². The molecule has 4 aliphatic rings. The number of phenolic OH excluding ortho intramolecular Hbond substituents is 4. The Kier molecular flexibility index (Phi) is 47.9. The van der Waals surface area contributed by atoms with Gasteiger partial charge in [0.15, 0.2) is 0 Å². The first kappa shape index (κ1) is 121. The highest BCUT2D eigenvalue weighted by Gasteiger charge is 2.47. The molecule has 0 radical (unpaired) electrons. The number of fused-ring (bicyclic) bond motifs is 4. The molecule has 10 rings (SSSR count). The van der Waals surface area contributed by atoms with Crippen molar-refractivity contribution >= 4 is 41.9 Å². The first-order chi connectivity index (χ1) is 67.6. The normalized spacial score (nSPS) is 16.3. The Morgan fingerprint density at radius 3 is 1.00 bits per heavy atom. The van der Waals surface area contributed by atoms with E-state index >= 15 is 0 Å². The summed E-state index contributed by atoms with van der Waals surface area (Å²) >= 11 is 0. The van der Waals surface area contributed by atoms with Crippen molar-refractivity contribution in [1.29, 1.82) is 0 Å². The Labute approximate surface area is 853 Å². The number of benzene rings is 6. The quantitative estimate of drug-likeness (QED) is 0.0160. The lowest BCUT2D eigenvalue weighted by molar-refractivity contribution is 0.0106. The highest BCUT2D eigenvalue weighted by Crippen LogP contribution is 2.56. The molecular formula is C120H162O24. The average Bonchev–Trinajstić information content (AvgIpc) is 0.730. The summed E-state index contributed by atoms with van der Waals surface area (Å²) in [7, 11) is 0. The summed E-state index contributed by atoms with van der Waals surface area (Å²) in [6.07, 6.45) is 42.0. The SMILES string of the molecule is C=C(C)C1CCC(C)=CC1c1c(O)cc(CCC)c(C(=O)O)c1O.CCCc1cc(O)c(C/C=C(\C)CCC=C(C)C)c(O)c1C(=O)O.CCCc1cc(O)c(C/C=C(\C)CCC=C(C)C)c(O)c1C(=O)O.CCCc1cc(O)c(C/C=C(\C)CCC=C(C)C)c(O)c1C(=O)O.CCCc1cc2c(c(O)c1C(=O)O)C1C=C(C)CCC1C(C)(C)O2.CCCc1cc2c(c(O)c1C(=O)O)C=CC(C)(CCC=C(C)C)O2. The number of hydrogen-bond donors (Lipinski definition) is 16. The van der Waals surface area contributed by atoms with Crippen LogP contribution in [0, 0.1) is 11.8 Å². The fourth-order valence-electron chi connectivity index (χ4n) is 18.8. The predicted octanol–water partition coefficient (Wildman–Crippen LogP) is 29.3. The van der Waals surface area contributed by atoms with Crippen LogP contribution in [0.15, 0.2) is 159 Å². The molecule has 2 aliphatic heterocycles. The van der Waals surface area contributed by atoms with Crippen molar-refractivity contribution in [2.75, 3.05) is 0 Å². The number of allylic oxidation sites excluding steroid dienone is 19. The van der Waals surface area contributed by atoms with E-state index in [0.29, 0.717) is 119 Å². The maximum atomic E-state index is 11.7. The number of hydrogen-bond acceptors (Lipinski definition) is 18. The van der Waals surface area contributed by atoms with Crippen LogP contribution in [-0.2, 0) is 57.8 Å². The van der Waals surface area contributed by atoms with Gasteiger partial charge in [-0.1, -0.05) is 197 Å². The molecule has 786 valence electrons. The molecule has 24 heteroatoms. The van der Waals surface area contributed by atoms with Crippen LogP contribution in [-0.4, -0.2) is 129 Å². The van der Waals surface area contributed by atoms with E-state index in [-0.39, 0.29) is 137 Å². The van der Waals surface area contributed by atoms with Crippen LogP contribution in [0.2, 0.25) is 0 Å². The molecule has 0 bridgehead atoms. The topological polar surface area (TPSA) is 445 Å².